The molecule has 29 heavy (non-hydrogen) atoms. The Hall–Kier alpha value is -3.16. The van der Waals surface area contributed by atoms with Crippen molar-refractivity contribution in [2.45, 2.75) is 0 Å². The number of aryl methyl sites for hydroxylation is 1. The second-order valence-electron chi connectivity index (χ2n) is 6.51. The van der Waals surface area contributed by atoms with Crippen LogP contribution in [0.25, 0.3) is 17.0 Å². The summed E-state index contributed by atoms with van der Waals surface area (Å²) in [5.74, 6) is -0.349. The van der Waals surface area contributed by atoms with Gasteiger partial charge in [0, 0.05) is 34.7 Å². The van der Waals surface area contributed by atoms with Crippen LogP contribution in [-0.4, -0.2) is 28.6 Å². The van der Waals surface area contributed by atoms with Crippen LogP contribution in [0.3, 0.4) is 0 Å². The summed E-state index contributed by atoms with van der Waals surface area (Å²) in [4.78, 5) is 27.0. The zero-order valence-corrected chi connectivity index (χ0v) is 17.2. The SMILES string of the molecule is COc1ccc2c(c1)c(C=C1C(=O)NC(=S)N(c3ccc(Cl)cc3)C1=O)cn2C. The van der Waals surface area contributed by atoms with E-state index in [9.17, 15) is 9.59 Å². The van der Waals surface area contributed by atoms with Gasteiger partial charge in [-0.1, -0.05) is 11.6 Å². The molecular formula is C21H16ClN3O3S. The predicted octanol–water partition coefficient (Wildman–Crippen LogP) is 3.67. The first kappa shape index (κ1) is 19.2. The maximum absolute atomic E-state index is 13.1. The van der Waals surface area contributed by atoms with Crippen LogP contribution in [0.2, 0.25) is 5.02 Å². The van der Waals surface area contributed by atoms with Crippen LogP contribution in [0, 0.1) is 0 Å². The molecule has 0 unspecified atom stereocenters. The highest BCUT2D eigenvalue weighted by Gasteiger charge is 2.34. The van der Waals surface area contributed by atoms with E-state index >= 15 is 0 Å². The molecule has 0 radical (unpaired) electrons. The van der Waals surface area contributed by atoms with Gasteiger partial charge in [0.25, 0.3) is 11.8 Å². The average Bonchev–Trinajstić information content (AvgIpc) is 3.01. The van der Waals surface area contributed by atoms with Crippen LogP contribution >= 0.6 is 23.8 Å². The van der Waals surface area contributed by atoms with Gasteiger partial charge in [-0.05, 0) is 60.8 Å². The number of aromatic nitrogens is 1. The Morgan fingerprint density at radius 1 is 1.14 bits per heavy atom. The number of carbonyl (C=O) groups is 2. The molecule has 1 aromatic heterocycles. The highest BCUT2D eigenvalue weighted by molar-refractivity contribution is 7.80. The number of rotatable bonds is 3. The molecule has 1 N–H and O–H groups in total. The molecule has 8 heteroatoms. The molecule has 146 valence electrons. The Bertz CT molecular complexity index is 1200. The Balaban J connectivity index is 1.81. The van der Waals surface area contributed by atoms with Crippen molar-refractivity contribution in [2.75, 3.05) is 12.0 Å². The number of anilines is 1. The first-order valence-electron chi connectivity index (χ1n) is 8.69. The van der Waals surface area contributed by atoms with Crippen LogP contribution in [-0.2, 0) is 16.6 Å². The summed E-state index contributed by atoms with van der Waals surface area (Å²) in [6.45, 7) is 0. The zero-order chi connectivity index (χ0) is 20.7. The molecule has 2 heterocycles. The number of amides is 2. The van der Waals surface area contributed by atoms with E-state index in [0.717, 1.165) is 16.5 Å². The molecule has 1 saturated heterocycles. The van der Waals surface area contributed by atoms with Crippen molar-refractivity contribution in [3.05, 3.63) is 64.8 Å². The Morgan fingerprint density at radius 3 is 2.55 bits per heavy atom. The molecular weight excluding hydrogens is 410 g/mol. The molecule has 0 saturated carbocycles. The number of fused-ring (bicyclic) bond motifs is 1. The molecule has 6 nitrogen and oxygen atoms in total. The van der Waals surface area contributed by atoms with E-state index in [1.165, 1.54) is 4.90 Å². The number of hydrogen-bond acceptors (Lipinski definition) is 4. The lowest BCUT2D eigenvalue weighted by molar-refractivity contribution is -0.122. The average molecular weight is 426 g/mol. The summed E-state index contributed by atoms with van der Waals surface area (Å²) in [5.41, 5.74) is 2.19. The van der Waals surface area contributed by atoms with Gasteiger partial charge in [-0.2, -0.15) is 0 Å². The Kier molecular flexibility index (Phi) is 4.86. The number of halogens is 1. The lowest BCUT2D eigenvalue weighted by atomic mass is 10.1. The zero-order valence-electron chi connectivity index (χ0n) is 15.6. The number of ether oxygens (including phenoxy) is 1. The van der Waals surface area contributed by atoms with Crippen LogP contribution in [0.5, 0.6) is 5.75 Å². The summed E-state index contributed by atoms with van der Waals surface area (Å²) >= 11 is 11.2. The molecule has 1 fully saturated rings. The molecule has 4 rings (SSSR count). The van der Waals surface area contributed by atoms with Crippen molar-refractivity contribution < 1.29 is 14.3 Å². The molecule has 2 amide bonds. The van der Waals surface area contributed by atoms with Gasteiger partial charge in [0.15, 0.2) is 5.11 Å². The smallest absolute Gasteiger partial charge is 0.270 e. The normalized spacial score (nSPS) is 15.9. The van der Waals surface area contributed by atoms with E-state index in [4.69, 9.17) is 28.6 Å². The fourth-order valence-electron chi connectivity index (χ4n) is 3.28. The van der Waals surface area contributed by atoms with E-state index in [-0.39, 0.29) is 10.7 Å². The Labute approximate surface area is 177 Å². The van der Waals surface area contributed by atoms with Gasteiger partial charge in [0.05, 0.1) is 12.8 Å². The molecule has 0 spiro atoms. The molecule has 0 atom stereocenters. The third-order valence-corrected chi connectivity index (χ3v) is 5.25. The van der Waals surface area contributed by atoms with Gasteiger partial charge >= 0.3 is 0 Å². The number of nitrogens with zero attached hydrogens (tertiary/aromatic N) is 2. The van der Waals surface area contributed by atoms with E-state index in [1.807, 2.05) is 36.0 Å². The van der Waals surface area contributed by atoms with E-state index in [0.29, 0.717) is 16.5 Å². The van der Waals surface area contributed by atoms with Gasteiger partial charge in [0.1, 0.15) is 11.3 Å². The van der Waals surface area contributed by atoms with Gasteiger partial charge < -0.3 is 9.30 Å². The minimum atomic E-state index is -0.537. The third kappa shape index (κ3) is 3.39. The number of hydrogen-bond donors (Lipinski definition) is 1. The minimum Gasteiger partial charge on any atom is -0.497 e. The van der Waals surface area contributed by atoms with E-state index < -0.39 is 11.8 Å². The standard InChI is InChI=1S/C21H16ClN3O3S/c1-24-11-12(16-10-15(28-2)7-8-18(16)24)9-17-19(26)23-21(29)25(20(17)27)14-5-3-13(22)4-6-14/h3-11H,1-2H3,(H,23,26,29). The minimum absolute atomic E-state index is 0.0103. The van der Waals surface area contributed by atoms with Crippen molar-refractivity contribution in [3.63, 3.8) is 0 Å². The third-order valence-electron chi connectivity index (χ3n) is 4.71. The number of methoxy groups -OCH3 is 1. The highest BCUT2D eigenvalue weighted by atomic mass is 35.5. The van der Waals surface area contributed by atoms with Crippen molar-refractivity contribution in [2.24, 2.45) is 7.05 Å². The summed E-state index contributed by atoms with van der Waals surface area (Å²) in [5, 5.41) is 4.01. The summed E-state index contributed by atoms with van der Waals surface area (Å²) in [6, 6.07) is 12.3. The molecule has 1 aliphatic rings. The number of carbonyl (C=O) groups excluding carboxylic acids is 2. The lowest BCUT2D eigenvalue weighted by Crippen LogP contribution is -2.54. The van der Waals surface area contributed by atoms with Gasteiger partial charge in [-0.3, -0.25) is 19.8 Å². The van der Waals surface area contributed by atoms with Crippen LogP contribution in [0.15, 0.2) is 54.2 Å². The fraction of sp³-hybridized carbons (Fsp3) is 0.0952. The molecule has 0 bridgehead atoms. The first-order valence-corrected chi connectivity index (χ1v) is 9.48. The monoisotopic (exact) mass is 425 g/mol. The van der Waals surface area contributed by atoms with E-state index in [1.54, 1.807) is 37.5 Å². The first-order chi connectivity index (χ1) is 13.9. The second kappa shape index (κ2) is 7.35. The lowest BCUT2D eigenvalue weighted by Gasteiger charge is -2.28. The largest absolute Gasteiger partial charge is 0.497 e. The van der Waals surface area contributed by atoms with Crippen molar-refractivity contribution in [1.29, 1.82) is 0 Å². The second-order valence-corrected chi connectivity index (χ2v) is 7.34. The maximum atomic E-state index is 13.1. The summed E-state index contributed by atoms with van der Waals surface area (Å²) in [6.07, 6.45) is 3.43. The summed E-state index contributed by atoms with van der Waals surface area (Å²) in [7, 11) is 3.49. The molecule has 0 aliphatic carbocycles. The Morgan fingerprint density at radius 2 is 1.86 bits per heavy atom. The van der Waals surface area contributed by atoms with Crippen LogP contribution in [0.4, 0.5) is 5.69 Å². The van der Waals surface area contributed by atoms with Gasteiger partial charge in [-0.15, -0.1) is 0 Å². The van der Waals surface area contributed by atoms with Crippen molar-refractivity contribution in [1.82, 2.24) is 9.88 Å². The van der Waals surface area contributed by atoms with E-state index in [2.05, 4.69) is 5.32 Å². The fourth-order valence-corrected chi connectivity index (χ4v) is 3.69. The number of thiocarbonyl (C=S) groups is 1. The number of nitrogens with one attached hydrogen (secondary N) is 1. The number of benzene rings is 2. The van der Waals surface area contributed by atoms with Crippen LogP contribution < -0.4 is 15.0 Å². The molecule has 2 aromatic carbocycles. The van der Waals surface area contributed by atoms with Gasteiger partial charge in [-0.25, -0.2) is 0 Å². The highest BCUT2D eigenvalue weighted by Crippen LogP contribution is 2.29. The van der Waals surface area contributed by atoms with Gasteiger partial charge in [0.2, 0.25) is 0 Å². The molecule has 3 aromatic rings. The van der Waals surface area contributed by atoms with Crippen molar-refractivity contribution in [3.8, 4) is 5.75 Å². The molecule has 1 aliphatic heterocycles. The topological polar surface area (TPSA) is 63.6 Å². The quantitative estimate of drug-likeness (QED) is 0.395. The maximum Gasteiger partial charge on any atom is 0.270 e. The summed E-state index contributed by atoms with van der Waals surface area (Å²) < 4.78 is 7.23. The van der Waals surface area contributed by atoms with Crippen molar-refractivity contribution >= 4 is 63.4 Å². The predicted molar refractivity (Wildman–Crippen MR) is 117 cm³/mol. The van der Waals surface area contributed by atoms with Crippen LogP contribution in [0.1, 0.15) is 5.56 Å².